The van der Waals surface area contributed by atoms with Gasteiger partial charge in [-0.15, -0.1) is 0 Å². The maximum atomic E-state index is 12.0. The fourth-order valence-electron chi connectivity index (χ4n) is 1.55. The number of alkyl halides is 3. The van der Waals surface area contributed by atoms with Crippen LogP contribution >= 0.6 is 28.1 Å². The number of anilines is 1. The molecule has 0 aliphatic rings. The molecule has 0 aliphatic heterocycles. The van der Waals surface area contributed by atoms with Crippen molar-refractivity contribution in [3.05, 3.63) is 28.2 Å². The van der Waals surface area contributed by atoms with Gasteiger partial charge in [-0.2, -0.15) is 13.2 Å². The maximum Gasteiger partial charge on any atom is 0.389 e. The molecule has 0 aromatic heterocycles. The van der Waals surface area contributed by atoms with Crippen molar-refractivity contribution in [2.24, 2.45) is 5.73 Å². The number of nitrogens with one attached hydrogen (secondary N) is 1. The third-order valence-electron chi connectivity index (χ3n) is 2.45. The molecule has 106 valence electrons. The first-order valence-corrected chi connectivity index (χ1v) is 6.90. The molecule has 2 nitrogen and oxygen atoms in total. The highest BCUT2D eigenvalue weighted by Crippen LogP contribution is 2.23. The van der Waals surface area contributed by atoms with E-state index in [9.17, 15) is 13.2 Å². The van der Waals surface area contributed by atoms with Crippen LogP contribution in [0.5, 0.6) is 0 Å². The highest BCUT2D eigenvalue weighted by Gasteiger charge is 2.25. The van der Waals surface area contributed by atoms with Crippen molar-refractivity contribution in [3.8, 4) is 0 Å². The molecule has 0 saturated heterocycles. The Labute approximate surface area is 123 Å². The quantitative estimate of drug-likeness (QED) is 0.593. The molecule has 0 spiro atoms. The van der Waals surface area contributed by atoms with Gasteiger partial charge < -0.3 is 11.1 Å². The Kier molecular flexibility index (Phi) is 6.06. The van der Waals surface area contributed by atoms with Gasteiger partial charge in [0.2, 0.25) is 0 Å². The topological polar surface area (TPSA) is 38.0 Å². The number of nitrogens with two attached hydrogens (primary N) is 1. The summed E-state index contributed by atoms with van der Waals surface area (Å²) in [6, 6.07) is 5.38. The summed E-state index contributed by atoms with van der Waals surface area (Å²) in [5.74, 6) is 0. The maximum absolute atomic E-state index is 12.0. The molecular formula is C12H14BrF3N2S. The first-order valence-electron chi connectivity index (χ1n) is 5.69. The van der Waals surface area contributed by atoms with Gasteiger partial charge in [0, 0.05) is 28.7 Å². The first kappa shape index (κ1) is 16.2. The lowest BCUT2D eigenvalue weighted by Crippen LogP contribution is -2.14. The third-order valence-corrected chi connectivity index (χ3v) is 3.16. The van der Waals surface area contributed by atoms with Crippen molar-refractivity contribution in [3.63, 3.8) is 0 Å². The number of hydrogen-bond donors (Lipinski definition) is 2. The van der Waals surface area contributed by atoms with E-state index < -0.39 is 12.6 Å². The highest BCUT2D eigenvalue weighted by atomic mass is 79.9. The van der Waals surface area contributed by atoms with E-state index in [-0.39, 0.29) is 11.4 Å². The second-order valence-corrected chi connectivity index (χ2v) is 5.41. The largest absolute Gasteiger partial charge is 0.389 e. The van der Waals surface area contributed by atoms with Gasteiger partial charge in [-0.3, -0.25) is 0 Å². The molecule has 0 bridgehead atoms. The van der Waals surface area contributed by atoms with E-state index in [2.05, 4.69) is 21.2 Å². The molecule has 0 amide bonds. The molecule has 1 aromatic rings. The predicted molar refractivity (Wildman–Crippen MR) is 78.4 cm³/mol. The van der Waals surface area contributed by atoms with Crippen molar-refractivity contribution in [2.45, 2.75) is 25.4 Å². The van der Waals surface area contributed by atoms with E-state index in [0.29, 0.717) is 18.5 Å². The van der Waals surface area contributed by atoms with Gasteiger partial charge in [0.05, 0.1) is 0 Å². The Morgan fingerprint density at radius 2 is 2.00 bits per heavy atom. The summed E-state index contributed by atoms with van der Waals surface area (Å²) in [7, 11) is 0. The molecule has 0 saturated carbocycles. The normalized spacial score (nSPS) is 11.4. The molecule has 0 unspecified atom stereocenters. The van der Waals surface area contributed by atoms with Crippen LogP contribution < -0.4 is 11.1 Å². The summed E-state index contributed by atoms with van der Waals surface area (Å²) in [6.07, 6.45) is -4.30. The Balaban J connectivity index is 2.49. The standard InChI is InChI=1S/C12H14BrF3N2S/c13-8-3-4-9(11(17)19)10(7-8)18-6-2-1-5-12(14,15)16/h3-4,7,18H,1-2,5-6H2,(H2,17,19). The molecule has 7 heteroatoms. The van der Waals surface area contributed by atoms with Crippen LogP contribution in [0, 0.1) is 0 Å². The van der Waals surface area contributed by atoms with Crippen LogP contribution in [0.2, 0.25) is 0 Å². The molecule has 1 rings (SSSR count). The van der Waals surface area contributed by atoms with Crippen molar-refractivity contribution in [2.75, 3.05) is 11.9 Å². The summed E-state index contributed by atoms with van der Waals surface area (Å²) in [6.45, 7) is 0.447. The minimum Gasteiger partial charge on any atom is -0.389 e. The van der Waals surface area contributed by atoms with Crippen LogP contribution in [-0.2, 0) is 0 Å². The molecular weight excluding hydrogens is 341 g/mol. The molecule has 19 heavy (non-hydrogen) atoms. The summed E-state index contributed by atoms with van der Waals surface area (Å²) >= 11 is 8.24. The fourth-order valence-corrected chi connectivity index (χ4v) is 2.09. The molecule has 0 heterocycles. The van der Waals surface area contributed by atoms with E-state index in [4.69, 9.17) is 18.0 Å². The van der Waals surface area contributed by atoms with E-state index in [1.54, 1.807) is 12.1 Å². The van der Waals surface area contributed by atoms with Gasteiger partial charge in [0.15, 0.2) is 0 Å². The molecule has 3 N–H and O–H groups in total. The summed E-state index contributed by atoms with van der Waals surface area (Å²) in [4.78, 5) is 0.255. The number of unbranched alkanes of at least 4 members (excludes halogenated alkanes) is 1. The predicted octanol–water partition coefficient (Wildman–Crippen LogP) is 4.23. The molecule has 1 aromatic carbocycles. The number of hydrogen-bond acceptors (Lipinski definition) is 2. The molecule has 0 aliphatic carbocycles. The van der Waals surface area contributed by atoms with E-state index in [1.165, 1.54) is 0 Å². The smallest absolute Gasteiger partial charge is 0.389 e. The van der Waals surface area contributed by atoms with Crippen molar-refractivity contribution < 1.29 is 13.2 Å². The van der Waals surface area contributed by atoms with E-state index in [1.807, 2.05) is 6.07 Å². The van der Waals surface area contributed by atoms with Gasteiger partial charge in [-0.05, 0) is 31.0 Å². The number of rotatable bonds is 6. The first-order chi connectivity index (χ1) is 8.79. The lowest BCUT2D eigenvalue weighted by molar-refractivity contribution is -0.135. The van der Waals surface area contributed by atoms with Gasteiger partial charge in [0.1, 0.15) is 4.99 Å². The fraction of sp³-hybridized carbons (Fsp3) is 0.417. The van der Waals surface area contributed by atoms with E-state index >= 15 is 0 Å². The Morgan fingerprint density at radius 3 is 2.58 bits per heavy atom. The Bertz CT molecular complexity index is 449. The van der Waals surface area contributed by atoms with E-state index in [0.717, 1.165) is 10.2 Å². The van der Waals surface area contributed by atoms with Crippen LogP contribution in [0.1, 0.15) is 24.8 Å². The number of benzene rings is 1. The van der Waals surface area contributed by atoms with Crippen molar-refractivity contribution in [1.29, 1.82) is 0 Å². The molecule has 0 fully saturated rings. The zero-order valence-electron chi connectivity index (χ0n) is 10.1. The van der Waals surface area contributed by atoms with Crippen LogP contribution in [-0.4, -0.2) is 17.7 Å². The average Bonchev–Trinajstić information content (AvgIpc) is 2.26. The van der Waals surface area contributed by atoms with Crippen LogP contribution in [0.4, 0.5) is 18.9 Å². The zero-order chi connectivity index (χ0) is 14.5. The molecule has 0 atom stereocenters. The van der Waals surface area contributed by atoms with Crippen LogP contribution in [0.3, 0.4) is 0 Å². The molecule has 0 radical (unpaired) electrons. The van der Waals surface area contributed by atoms with Gasteiger partial charge in [-0.1, -0.05) is 28.1 Å². The Hall–Kier alpha value is -0.820. The average molecular weight is 355 g/mol. The van der Waals surface area contributed by atoms with Crippen LogP contribution in [0.15, 0.2) is 22.7 Å². The summed E-state index contributed by atoms with van der Waals surface area (Å²) < 4.78 is 36.8. The summed E-state index contributed by atoms with van der Waals surface area (Å²) in [5.41, 5.74) is 7.00. The monoisotopic (exact) mass is 354 g/mol. The third kappa shape index (κ3) is 6.24. The SMILES string of the molecule is NC(=S)c1ccc(Br)cc1NCCCCC(F)(F)F. The Morgan fingerprint density at radius 1 is 1.32 bits per heavy atom. The van der Waals surface area contributed by atoms with Gasteiger partial charge >= 0.3 is 6.18 Å². The number of thiocarbonyl (C=S) groups is 1. The second-order valence-electron chi connectivity index (χ2n) is 4.05. The van der Waals surface area contributed by atoms with Gasteiger partial charge in [-0.25, -0.2) is 0 Å². The lowest BCUT2D eigenvalue weighted by Gasteiger charge is -2.12. The summed E-state index contributed by atoms with van der Waals surface area (Å²) in [5, 5.41) is 3.06. The highest BCUT2D eigenvalue weighted by molar-refractivity contribution is 9.10. The lowest BCUT2D eigenvalue weighted by atomic mass is 10.1. The van der Waals surface area contributed by atoms with Crippen molar-refractivity contribution >= 4 is 38.8 Å². The number of halogens is 4. The van der Waals surface area contributed by atoms with Gasteiger partial charge in [0.25, 0.3) is 0 Å². The minimum atomic E-state index is -4.08. The second kappa shape index (κ2) is 7.09. The van der Waals surface area contributed by atoms with Crippen LogP contribution in [0.25, 0.3) is 0 Å². The van der Waals surface area contributed by atoms with Crippen molar-refractivity contribution in [1.82, 2.24) is 0 Å². The minimum absolute atomic E-state index is 0.104. The zero-order valence-corrected chi connectivity index (χ0v) is 12.5.